The molecule has 0 saturated heterocycles. The molecular formula is C12H16N6O. The molecule has 7 heteroatoms. The zero-order chi connectivity index (χ0) is 13.8. The van der Waals surface area contributed by atoms with Crippen LogP contribution in [0.1, 0.15) is 13.8 Å². The van der Waals surface area contributed by atoms with E-state index in [9.17, 15) is 4.79 Å². The molecule has 0 aliphatic heterocycles. The highest BCUT2D eigenvalue weighted by atomic mass is 16.2. The first-order valence-corrected chi connectivity index (χ1v) is 5.98. The van der Waals surface area contributed by atoms with E-state index in [-0.39, 0.29) is 11.8 Å². The molecule has 0 aliphatic carbocycles. The third-order valence-corrected chi connectivity index (χ3v) is 2.77. The number of anilines is 1. The number of hydrogen-bond acceptors (Lipinski definition) is 5. The summed E-state index contributed by atoms with van der Waals surface area (Å²) in [5.74, 6) is -0.0920. The molecule has 1 unspecified atom stereocenters. The van der Waals surface area contributed by atoms with E-state index in [1.807, 2.05) is 26.0 Å². The standard InChI is InChI=1S/C12H16N6O/c1-8(2)11(13)12(19)15-9-3-5-10(6-4-9)18-7-14-16-17-18/h3-8,11H,13H2,1-2H3,(H,15,19). The fourth-order valence-electron chi connectivity index (χ4n) is 1.51. The van der Waals surface area contributed by atoms with Crippen LogP contribution < -0.4 is 11.1 Å². The Morgan fingerprint density at radius 2 is 2.00 bits per heavy atom. The molecule has 1 heterocycles. The number of amides is 1. The summed E-state index contributed by atoms with van der Waals surface area (Å²) in [6.45, 7) is 3.82. The number of hydrogen-bond donors (Lipinski definition) is 2. The second-order valence-corrected chi connectivity index (χ2v) is 4.56. The molecule has 100 valence electrons. The highest BCUT2D eigenvalue weighted by molar-refractivity contribution is 5.94. The Hall–Kier alpha value is -2.28. The summed E-state index contributed by atoms with van der Waals surface area (Å²) in [5, 5.41) is 13.7. The molecule has 0 radical (unpaired) electrons. The predicted molar refractivity (Wildman–Crippen MR) is 70.6 cm³/mol. The van der Waals surface area contributed by atoms with Gasteiger partial charge in [-0.15, -0.1) is 5.10 Å². The van der Waals surface area contributed by atoms with E-state index >= 15 is 0 Å². The fourth-order valence-corrected chi connectivity index (χ4v) is 1.51. The Kier molecular flexibility index (Phi) is 3.86. The van der Waals surface area contributed by atoms with Crippen LogP contribution >= 0.6 is 0 Å². The van der Waals surface area contributed by atoms with Gasteiger partial charge in [-0.25, -0.2) is 4.68 Å². The van der Waals surface area contributed by atoms with Gasteiger partial charge in [-0.3, -0.25) is 4.79 Å². The summed E-state index contributed by atoms with van der Waals surface area (Å²) in [4.78, 5) is 11.8. The highest BCUT2D eigenvalue weighted by Crippen LogP contribution is 2.12. The lowest BCUT2D eigenvalue weighted by atomic mass is 10.0. The molecular weight excluding hydrogens is 244 g/mol. The van der Waals surface area contributed by atoms with Gasteiger partial charge in [-0.1, -0.05) is 13.8 Å². The van der Waals surface area contributed by atoms with E-state index in [0.717, 1.165) is 5.69 Å². The van der Waals surface area contributed by atoms with Crippen LogP contribution in [0, 0.1) is 5.92 Å². The molecule has 1 aromatic carbocycles. The normalized spacial score (nSPS) is 12.4. The van der Waals surface area contributed by atoms with Gasteiger partial charge < -0.3 is 11.1 Å². The zero-order valence-electron chi connectivity index (χ0n) is 10.8. The SMILES string of the molecule is CC(C)C(N)C(=O)Nc1ccc(-n2cnnn2)cc1. The summed E-state index contributed by atoms with van der Waals surface area (Å²) in [6, 6.07) is 6.67. The van der Waals surface area contributed by atoms with Crippen molar-refractivity contribution >= 4 is 11.6 Å². The predicted octanol–water partition coefficient (Wildman–Crippen LogP) is 0.584. The summed E-state index contributed by atoms with van der Waals surface area (Å²) in [5.41, 5.74) is 7.28. The molecule has 7 nitrogen and oxygen atoms in total. The van der Waals surface area contributed by atoms with Gasteiger partial charge in [0.05, 0.1) is 11.7 Å². The highest BCUT2D eigenvalue weighted by Gasteiger charge is 2.16. The lowest BCUT2D eigenvalue weighted by Gasteiger charge is -2.15. The topological polar surface area (TPSA) is 98.7 Å². The van der Waals surface area contributed by atoms with Crippen molar-refractivity contribution in [3.8, 4) is 5.69 Å². The molecule has 3 N–H and O–H groups in total. The summed E-state index contributed by atoms with van der Waals surface area (Å²) in [6.07, 6.45) is 1.50. The fraction of sp³-hybridized carbons (Fsp3) is 0.333. The lowest BCUT2D eigenvalue weighted by Crippen LogP contribution is -2.39. The molecule has 19 heavy (non-hydrogen) atoms. The van der Waals surface area contributed by atoms with E-state index in [4.69, 9.17) is 5.73 Å². The maximum absolute atomic E-state index is 11.8. The van der Waals surface area contributed by atoms with Crippen LogP contribution in [-0.2, 0) is 4.79 Å². The lowest BCUT2D eigenvalue weighted by molar-refractivity contribution is -0.118. The van der Waals surface area contributed by atoms with Crippen molar-refractivity contribution in [3.63, 3.8) is 0 Å². The van der Waals surface area contributed by atoms with Gasteiger partial charge in [0.15, 0.2) is 0 Å². The van der Waals surface area contributed by atoms with Gasteiger partial charge in [-0.2, -0.15) is 0 Å². The average molecular weight is 260 g/mol. The number of benzene rings is 1. The van der Waals surface area contributed by atoms with Crippen molar-refractivity contribution in [3.05, 3.63) is 30.6 Å². The number of tetrazole rings is 1. The summed E-state index contributed by atoms with van der Waals surface area (Å²) in [7, 11) is 0. The number of nitrogens with zero attached hydrogens (tertiary/aromatic N) is 4. The van der Waals surface area contributed by atoms with Gasteiger partial charge >= 0.3 is 0 Å². The van der Waals surface area contributed by atoms with E-state index in [1.54, 1.807) is 12.1 Å². The Morgan fingerprint density at radius 1 is 1.32 bits per heavy atom. The third-order valence-electron chi connectivity index (χ3n) is 2.77. The second-order valence-electron chi connectivity index (χ2n) is 4.56. The van der Waals surface area contributed by atoms with Crippen molar-refractivity contribution in [2.75, 3.05) is 5.32 Å². The molecule has 1 amide bonds. The van der Waals surface area contributed by atoms with Gasteiger partial charge in [0, 0.05) is 5.69 Å². The van der Waals surface area contributed by atoms with Crippen LogP contribution in [0.2, 0.25) is 0 Å². The Morgan fingerprint density at radius 3 is 2.53 bits per heavy atom. The number of nitrogens with two attached hydrogens (primary N) is 1. The first-order chi connectivity index (χ1) is 9.08. The van der Waals surface area contributed by atoms with Crippen LogP contribution in [-0.4, -0.2) is 32.2 Å². The molecule has 2 rings (SSSR count). The Balaban J connectivity index is 2.05. The minimum absolute atomic E-state index is 0.0977. The second kappa shape index (κ2) is 5.57. The van der Waals surface area contributed by atoms with Crippen LogP contribution in [0.3, 0.4) is 0 Å². The Labute approximate surface area is 110 Å². The largest absolute Gasteiger partial charge is 0.325 e. The molecule has 0 saturated carbocycles. The van der Waals surface area contributed by atoms with Crippen LogP contribution in [0.25, 0.3) is 5.69 Å². The van der Waals surface area contributed by atoms with Crippen molar-refractivity contribution in [2.45, 2.75) is 19.9 Å². The molecule has 2 aromatic rings. The first kappa shape index (κ1) is 13.2. The van der Waals surface area contributed by atoms with Crippen LogP contribution in [0.4, 0.5) is 5.69 Å². The Bertz CT molecular complexity index is 534. The summed E-state index contributed by atoms with van der Waals surface area (Å²) < 4.78 is 1.53. The number of carbonyl (C=O) groups excluding carboxylic acids is 1. The minimum atomic E-state index is -0.515. The molecule has 1 aromatic heterocycles. The van der Waals surface area contributed by atoms with Crippen molar-refractivity contribution in [1.29, 1.82) is 0 Å². The maximum Gasteiger partial charge on any atom is 0.241 e. The number of carbonyl (C=O) groups is 1. The molecule has 0 spiro atoms. The third kappa shape index (κ3) is 3.14. The van der Waals surface area contributed by atoms with E-state index < -0.39 is 6.04 Å². The number of aromatic nitrogens is 4. The maximum atomic E-state index is 11.8. The molecule has 0 fully saturated rings. The van der Waals surface area contributed by atoms with Crippen LogP contribution in [0.15, 0.2) is 30.6 Å². The van der Waals surface area contributed by atoms with Crippen molar-refractivity contribution in [1.82, 2.24) is 20.2 Å². The molecule has 1 atom stereocenters. The first-order valence-electron chi connectivity index (χ1n) is 5.98. The van der Waals surface area contributed by atoms with Gasteiger partial charge in [-0.05, 0) is 40.6 Å². The van der Waals surface area contributed by atoms with Gasteiger partial charge in [0.1, 0.15) is 6.33 Å². The number of nitrogens with one attached hydrogen (secondary N) is 1. The van der Waals surface area contributed by atoms with Crippen LogP contribution in [0.5, 0.6) is 0 Å². The quantitative estimate of drug-likeness (QED) is 0.838. The minimum Gasteiger partial charge on any atom is -0.325 e. The van der Waals surface area contributed by atoms with Gasteiger partial charge in [0.25, 0.3) is 0 Å². The number of rotatable bonds is 4. The monoisotopic (exact) mass is 260 g/mol. The van der Waals surface area contributed by atoms with E-state index in [0.29, 0.717) is 5.69 Å². The molecule has 0 aliphatic rings. The van der Waals surface area contributed by atoms with E-state index in [2.05, 4.69) is 20.8 Å². The smallest absolute Gasteiger partial charge is 0.241 e. The average Bonchev–Trinajstić information content (AvgIpc) is 2.92. The summed E-state index contributed by atoms with van der Waals surface area (Å²) >= 11 is 0. The van der Waals surface area contributed by atoms with E-state index in [1.165, 1.54) is 11.0 Å². The zero-order valence-corrected chi connectivity index (χ0v) is 10.8. The van der Waals surface area contributed by atoms with Gasteiger partial charge in [0.2, 0.25) is 5.91 Å². The van der Waals surface area contributed by atoms with Crippen molar-refractivity contribution in [2.24, 2.45) is 11.7 Å². The van der Waals surface area contributed by atoms with Crippen molar-refractivity contribution < 1.29 is 4.79 Å². The molecule has 0 bridgehead atoms.